The minimum Gasteiger partial charge on any atom is -0.345 e. The van der Waals surface area contributed by atoms with Crippen LogP contribution in [0, 0.1) is 0 Å². The van der Waals surface area contributed by atoms with Gasteiger partial charge < -0.3 is 4.90 Å². The minimum atomic E-state index is -0.0474. The van der Waals surface area contributed by atoms with Gasteiger partial charge in [0, 0.05) is 17.3 Å². The van der Waals surface area contributed by atoms with Crippen molar-refractivity contribution in [1.82, 2.24) is 10.2 Å². The summed E-state index contributed by atoms with van der Waals surface area (Å²) in [5, 5.41) is 10.5. The van der Waals surface area contributed by atoms with E-state index in [4.69, 9.17) is 0 Å². The summed E-state index contributed by atoms with van der Waals surface area (Å²) in [6.07, 6.45) is 4.90. The zero-order valence-corrected chi connectivity index (χ0v) is 11.0. The van der Waals surface area contributed by atoms with Crippen LogP contribution in [0.1, 0.15) is 26.2 Å². The van der Waals surface area contributed by atoms with Crippen molar-refractivity contribution in [2.45, 2.75) is 32.2 Å². The van der Waals surface area contributed by atoms with Crippen molar-refractivity contribution in [3.63, 3.8) is 0 Å². The van der Waals surface area contributed by atoms with Gasteiger partial charge in [0.15, 0.2) is 11.6 Å². The van der Waals surface area contributed by atoms with Crippen LogP contribution in [-0.4, -0.2) is 28.6 Å². The number of anilines is 1. The molecule has 0 amide bonds. The molecule has 3 rings (SSSR count). The summed E-state index contributed by atoms with van der Waals surface area (Å²) in [5.41, 5.74) is 0. The van der Waals surface area contributed by atoms with Gasteiger partial charge in [-0.3, -0.25) is 4.79 Å². The molecule has 1 unspecified atom stereocenters. The van der Waals surface area contributed by atoms with E-state index in [9.17, 15) is 4.79 Å². The highest BCUT2D eigenvalue weighted by Gasteiger charge is 2.28. The molecule has 1 atom stereocenters. The molecule has 1 aliphatic heterocycles. The molecule has 0 aliphatic carbocycles. The van der Waals surface area contributed by atoms with Gasteiger partial charge in [0.05, 0.1) is 12.2 Å². The second kappa shape index (κ2) is 4.96. The molecular weight excluding hydrogens is 238 g/mol. The summed E-state index contributed by atoms with van der Waals surface area (Å²) in [6, 6.07) is 8.02. The second-order valence-corrected chi connectivity index (χ2v) is 5.07. The fourth-order valence-electron chi connectivity index (χ4n) is 2.83. The molecule has 0 spiro atoms. The third-order valence-electron chi connectivity index (χ3n) is 3.80. The summed E-state index contributed by atoms with van der Waals surface area (Å²) < 4.78 is 0. The predicted molar refractivity (Wildman–Crippen MR) is 75.2 cm³/mol. The molecule has 0 saturated carbocycles. The standard InChI is InChI=1S/C15H17N3O/c1-11(19)14-8-4-5-9-18(14)15-13-7-3-2-6-12(13)10-16-17-15/h2-3,6-7,10,14H,4-5,8-9H2,1H3. The Morgan fingerprint density at radius 1 is 1.32 bits per heavy atom. The Kier molecular flexibility index (Phi) is 3.15. The maximum absolute atomic E-state index is 11.8. The molecule has 0 radical (unpaired) electrons. The maximum Gasteiger partial charge on any atom is 0.159 e. The van der Waals surface area contributed by atoms with Crippen molar-refractivity contribution in [3.05, 3.63) is 30.5 Å². The number of aromatic nitrogens is 2. The second-order valence-electron chi connectivity index (χ2n) is 5.07. The number of nitrogens with zero attached hydrogens (tertiary/aromatic N) is 3. The first kappa shape index (κ1) is 12.1. The number of ketones is 1. The molecule has 0 bridgehead atoms. The minimum absolute atomic E-state index is 0.0474. The molecule has 1 aliphatic rings. The number of hydrogen-bond acceptors (Lipinski definition) is 4. The van der Waals surface area contributed by atoms with Crippen molar-refractivity contribution >= 4 is 22.4 Å². The van der Waals surface area contributed by atoms with Gasteiger partial charge in [0.25, 0.3) is 0 Å². The van der Waals surface area contributed by atoms with Crippen LogP contribution in [-0.2, 0) is 4.79 Å². The lowest BCUT2D eigenvalue weighted by Gasteiger charge is -2.35. The van der Waals surface area contributed by atoms with E-state index < -0.39 is 0 Å². The normalized spacial score (nSPS) is 19.6. The summed E-state index contributed by atoms with van der Waals surface area (Å²) >= 11 is 0. The van der Waals surface area contributed by atoms with Crippen LogP contribution in [0.4, 0.5) is 5.82 Å². The average molecular weight is 255 g/mol. The van der Waals surface area contributed by atoms with E-state index in [2.05, 4.69) is 15.1 Å². The van der Waals surface area contributed by atoms with Crippen molar-refractivity contribution in [2.24, 2.45) is 0 Å². The zero-order valence-electron chi connectivity index (χ0n) is 11.0. The lowest BCUT2D eigenvalue weighted by Crippen LogP contribution is -2.44. The molecule has 1 saturated heterocycles. The van der Waals surface area contributed by atoms with Gasteiger partial charge in [-0.05, 0) is 26.2 Å². The van der Waals surface area contributed by atoms with Gasteiger partial charge in [0.1, 0.15) is 0 Å². The Morgan fingerprint density at radius 2 is 2.16 bits per heavy atom. The Bertz CT molecular complexity index is 606. The number of carbonyl (C=O) groups is 1. The predicted octanol–water partition coefficient (Wildman–Crippen LogP) is 2.58. The van der Waals surface area contributed by atoms with Crippen LogP contribution in [0.25, 0.3) is 10.8 Å². The van der Waals surface area contributed by atoms with Gasteiger partial charge in [-0.25, -0.2) is 0 Å². The molecule has 1 fully saturated rings. The Hall–Kier alpha value is -1.97. The molecule has 0 N–H and O–H groups in total. The monoisotopic (exact) mass is 255 g/mol. The first-order valence-electron chi connectivity index (χ1n) is 6.75. The van der Waals surface area contributed by atoms with E-state index in [-0.39, 0.29) is 11.8 Å². The fourth-order valence-corrected chi connectivity index (χ4v) is 2.83. The molecule has 1 aromatic heterocycles. The van der Waals surface area contributed by atoms with Crippen molar-refractivity contribution in [3.8, 4) is 0 Å². The van der Waals surface area contributed by atoms with Gasteiger partial charge in [-0.1, -0.05) is 24.3 Å². The van der Waals surface area contributed by atoms with E-state index in [1.165, 1.54) is 0 Å². The van der Waals surface area contributed by atoms with Crippen molar-refractivity contribution < 1.29 is 4.79 Å². The van der Waals surface area contributed by atoms with Crippen LogP contribution < -0.4 is 4.90 Å². The molecule has 2 heterocycles. The van der Waals surface area contributed by atoms with Crippen LogP contribution in [0.15, 0.2) is 30.5 Å². The van der Waals surface area contributed by atoms with E-state index >= 15 is 0 Å². The van der Waals surface area contributed by atoms with E-state index in [0.717, 1.165) is 42.4 Å². The average Bonchev–Trinajstić information content (AvgIpc) is 2.46. The topological polar surface area (TPSA) is 46.1 Å². The largest absolute Gasteiger partial charge is 0.345 e. The quantitative estimate of drug-likeness (QED) is 0.827. The maximum atomic E-state index is 11.8. The van der Waals surface area contributed by atoms with Crippen LogP contribution in [0.5, 0.6) is 0 Å². The number of Topliss-reactive ketones (excluding diaryl/α,β-unsaturated/α-hetero) is 1. The molecule has 2 aromatic rings. The van der Waals surface area contributed by atoms with Crippen molar-refractivity contribution in [1.29, 1.82) is 0 Å². The van der Waals surface area contributed by atoms with Gasteiger partial charge in [-0.2, -0.15) is 5.10 Å². The van der Waals surface area contributed by atoms with Gasteiger partial charge in [0.2, 0.25) is 0 Å². The molecular formula is C15H17N3O. The third kappa shape index (κ3) is 2.18. The molecule has 98 valence electrons. The number of benzene rings is 1. The number of hydrogen-bond donors (Lipinski definition) is 0. The first-order valence-corrected chi connectivity index (χ1v) is 6.75. The van der Waals surface area contributed by atoms with Crippen molar-refractivity contribution in [2.75, 3.05) is 11.4 Å². The smallest absolute Gasteiger partial charge is 0.159 e. The number of fused-ring (bicyclic) bond motifs is 1. The zero-order chi connectivity index (χ0) is 13.2. The highest BCUT2D eigenvalue weighted by molar-refractivity contribution is 5.94. The SMILES string of the molecule is CC(=O)C1CCCCN1c1nncc2ccccc12. The number of piperidine rings is 1. The first-order chi connectivity index (χ1) is 9.27. The third-order valence-corrected chi connectivity index (χ3v) is 3.80. The van der Waals surface area contributed by atoms with Crippen LogP contribution in [0.2, 0.25) is 0 Å². The summed E-state index contributed by atoms with van der Waals surface area (Å²) in [4.78, 5) is 14.0. The molecule has 19 heavy (non-hydrogen) atoms. The fraction of sp³-hybridized carbons (Fsp3) is 0.400. The Balaban J connectivity index is 2.09. The Morgan fingerprint density at radius 3 is 3.00 bits per heavy atom. The highest BCUT2D eigenvalue weighted by atomic mass is 16.1. The summed E-state index contributed by atoms with van der Waals surface area (Å²) in [7, 11) is 0. The van der Waals surface area contributed by atoms with E-state index in [1.54, 1.807) is 13.1 Å². The van der Waals surface area contributed by atoms with Crippen LogP contribution in [0.3, 0.4) is 0 Å². The summed E-state index contributed by atoms with van der Waals surface area (Å²) in [6.45, 7) is 2.55. The Labute approximate surface area is 112 Å². The van der Waals surface area contributed by atoms with E-state index in [1.807, 2.05) is 24.3 Å². The van der Waals surface area contributed by atoms with Gasteiger partial charge in [-0.15, -0.1) is 5.10 Å². The number of carbonyl (C=O) groups excluding carboxylic acids is 1. The van der Waals surface area contributed by atoms with Crippen LogP contribution >= 0.6 is 0 Å². The molecule has 4 nitrogen and oxygen atoms in total. The van der Waals surface area contributed by atoms with E-state index in [0.29, 0.717) is 0 Å². The number of rotatable bonds is 2. The molecule has 4 heteroatoms. The lowest BCUT2D eigenvalue weighted by molar-refractivity contribution is -0.118. The summed E-state index contributed by atoms with van der Waals surface area (Å²) in [5.74, 6) is 1.06. The van der Waals surface area contributed by atoms with Gasteiger partial charge >= 0.3 is 0 Å². The lowest BCUT2D eigenvalue weighted by atomic mass is 9.98. The molecule has 1 aromatic carbocycles. The highest BCUT2D eigenvalue weighted by Crippen LogP contribution is 2.29.